The van der Waals surface area contributed by atoms with Gasteiger partial charge in [0.2, 0.25) is 5.91 Å². The van der Waals surface area contributed by atoms with Crippen LogP contribution in [-0.2, 0) is 20.9 Å². The molecule has 11 heteroatoms. The number of carbonyl (C=O) groups excluding carboxylic acids is 3. The van der Waals surface area contributed by atoms with Gasteiger partial charge in [-0.25, -0.2) is 0 Å². The number of hydrogen-bond acceptors (Lipinski definition) is 8. The number of aromatic carboxylic acids is 1. The van der Waals surface area contributed by atoms with Gasteiger partial charge in [0.15, 0.2) is 5.57 Å². The summed E-state index contributed by atoms with van der Waals surface area (Å²) in [5, 5.41) is 26.0. The normalized spacial score (nSPS) is 12.0. The first-order valence-electron chi connectivity index (χ1n) is 11.1. The molecule has 0 saturated carbocycles. The lowest BCUT2D eigenvalue weighted by Gasteiger charge is -2.07. The summed E-state index contributed by atoms with van der Waals surface area (Å²) in [6.07, 6.45) is 2.13. The second-order valence-corrected chi connectivity index (χ2v) is 8.86. The van der Waals surface area contributed by atoms with Crippen molar-refractivity contribution in [1.29, 1.82) is 5.26 Å². The Hall–Kier alpha value is -4.53. The second-order valence-electron chi connectivity index (χ2n) is 7.83. The Balaban J connectivity index is 2.05. The van der Waals surface area contributed by atoms with Crippen molar-refractivity contribution in [2.24, 2.45) is 0 Å². The number of rotatable bonds is 9. The molecule has 1 heterocycles. The zero-order valence-electron chi connectivity index (χ0n) is 20.1. The molecule has 10 nitrogen and oxygen atoms in total. The van der Waals surface area contributed by atoms with Crippen molar-refractivity contribution in [3.63, 3.8) is 0 Å². The lowest BCUT2D eigenvalue weighted by molar-refractivity contribution is -0.255. The predicted octanol–water partition coefficient (Wildman–Crippen LogP) is 0.410. The van der Waals surface area contributed by atoms with Crippen LogP contribution < -0.4 is 30.5 Å². The van der Waals surface area contributed by atoms with Crippen LogP contribution >= 0.6 is 11.3 Å². The van der Waals surface area contributed by atoms with Crippen LogP contribution in [0, 0.1) is 11.3 Å². The summed E-state index contributed by atoms with van der Waals surface area (Å²) in [7, 11) is 1.53. The van der Waals surface area contributed by atoms with Gasteiger partial charge in [-0.3, -0.25) is 19.0 Å². The molecule has 0 radical (unpaired) electrons. The van der Waals surface area contributed by atoms with Gasteiger partial charge in [-0.05, 0) is 47.9 Å². The van der Waals surface area contributed by atoms with E-state index in [4.69, 9.17) is 4.74 Å². The molecule has 0 atom stereocenters. The van der Waals surface area contributed by atoms with Gasteiger partial charge in [0, 0.05) is 38.6 Å². The van der Waals surface area contributed by atoms with Crippen molar-refractivity contribution in [2.75, 3.05) is 24.4 Å². The Labute approximate surface area is 215 Å². The summed E-state index contributed by atoms with van der Waals surface area (Å²) in [5.74, 6) is -2.29. The highest BCUT2D eigenvalue weighted by molar-refractivity contribution is 7.07. The quantitative estimate of drug-likeness (QED) is 0.388. The Morgan fingerprint density at radius 2 is 1.70 bits per heavy atom. The van der Waals surface area contributed by atoms with Gasteiger partial charge in [-0.2, -0.15) is 5.26 Å². The van der Waals surface area contributed by atoms with E-state index in [1.54, 1.807) is 30.3 Å². The van der Waals surface area contributed by atoms with E-state index < -0.39 is 11.9 Å². The number of nitriles is 1. The molecule has 0 saturated heterocycles. The summed E-state index contributed by atoms with van der Waals surface area (Å²) >= 11 is 1.01. The molecular weight excluding hydrogens is 496 g/mol. The molecule has 2 N–H and O–H groups in total. The van der Waals surface area contributed by atoms with Crippen molar-refractivity contribution in [1.82, 2.24) is 4.57 Å². The Morgan fingerprint density at radius 1 is 1.08 bits per heavy atom. The van der Waals surface area contributed by atoms with Gasteiger partial charge in [-0.1, -0.05) is 24.3 Å². The molecule has 2 aromatic carbocycles. The van der Waals surface area contributed by atoms with Crippen molar-refractivity contribution >= 4 is 52.1 Å². The molecule has 0 aliphatic carbocycles. The maximum Gasteiger partial charge on any atom is 0.269 e. The number of carboxylic acid groups (broad SMARTS) is 1. The number of nitrogens with one attached hydrogen (secondary N) is 2. The first kappa shape index (κ1) is 27.1. The molecule has 1 aromatic heterocycles. The SMILES string of the molecule is COCCCn1c(=O)/c(=C/c2ccc(NC(C)=O)cc2)s/c1=C(/C#N)C(=O)Nc1ccc(C(=O)[O-])cc1. The van der Waals surface area contributed by atoms with E-state index in [1.165, 1.54) is 42.9 Å². The third-order valence-electron chi connectivity index (χ3n) is 5.10. The van der Waals surface area contributed by atoms with E-state index in [1.807, 2.05) is 6.07 Å². The highest BCUT2D eigenvalue weighted by atomic mass is 32.1. The summed E-state index contributed by atoms with van der Waals surface area (Å²) < 4.78 is 6.96. The van der Waals surface area contributed by atoms with Crippen molar-refractivity contribution in [3.05, 3.63) is 79.2 Å². The molecule has 0 aliphatic rings. The summed E-state index contributed by atoms with van der Waals surface area (Å²) in [5.41, 5.74) is 0.902. The Bertz CT molecular complexity index is 1530. The topological polar surface area (TPSA) is 153 Å². The molecule has 0 unspecified atom stereocenters. The van der Waals surface area contributed by atoms with Crippen LogP contribution in [0.1, 0.15) is 29.3 Å². The van der Waals surface area contributed by atoms with Gasteiger partial charge in [-0.15, -0.1) is 11.3 Å². The third-order valence-corrected chi connectivity index (χ3v) is 6.23. The number of aromatic nitrogens is 1. The summed E-state index contributed by atoms with van der Waals surface area (Å²) in [4.78, 5) is 48.4. The van der Waals surface area contributed by atoms with Gasteiger partial charge in [0.05, 0.1) is 10.5 Å². The zero-order chi connectivity index (χ0) is 26.9. The number of carbonyl (C=O) groups is 3. The largest absolute Gasteiger partial charge is 0.545 e. The summed E-state index contributed by atoms with van der Waals surface area (Å²) in [6, 6.07) is 14.1. The molecule has 37 heavy (non-hydrogen) atoms. The number of amides is 2. The van der Waals surface area contributed by atoms with Crippen LogP contribution in [0.5, 0.6) is 0 Å². The smallest absolute Gasteiger partial charge is 0.269 e. The van der Waals surface area contributed by atoms with E-state index in [0.29, 0.717) is 28.8 Å². The van der Waals surface area contributed by atoms with Gasteiger partial charge >= 0.3 is 0 Å². The highest BCUT2D eigenvalue weighted by Gasteiger charge is 2.16. The van der Waals surface area contributed by atoms with E-state index in [-0.39, 0.29) is 39.5 Å². The van der Waals surface area contributed by atoms with E-state index in [2.05, 4.69) is 10.6 Å². The number of anilines is 2. The van der Waals surface area contributed by atoms with Crippen LogP contribution in [0.25, 0.3) is 11.6 Å². The van der Waals surface area contributed by atoms with Gasteiger partial charge in [0.1, 0.15) is 10.7 Å². The van der Waals surface area contributed by atoms with Crippen LogP contribution in [0.15, 0.2) is 53.3 Å². The number of ether oxygens (including phenoxy) is 1. The van der Waals surface area contributed by atoms with Crippen LogP contribution in [0.4, 0.5) is 11.4 Å². The average Bonchev–Trinajstić information content (AvgIpc) is 3.15. The molecule has 0 fully saturated rings. The third kappa shape index (κ3) is 7.00. The number of hydrogen-bond donors (Lipinski definition) is 2. The van der Waals surface area contributed by atoms with Gasteiger partial charge < -0.3 is 25.3 Å². The maximum atomic E-state index is 13.2. The van der Waals surface area contributed by atoms with Crippen LogP contribution in [-0.4, -0.2) is 36.1 Å². The number of nitrogens with zero attached hydrogens (tertiary/aromatic N) is 2. The van der Waals surface area contributed by atoms with Gasteiger partial charge in [0.25, 0.3) is 11.5 Å². The lowest BCUT2D eigenvalue weighted by Crippen LogP contribution is -2.34. The fourth-order valence-corrected chi connectivity index (χ4v) is 4.50. The number of methoxy groups -OCH3 is 1. The summed E-state index contributed by atoms with van der Waals surface area (Å²) in [6.45, 7) is 2.01. The molecule has 3 rings (SSSR count). The standard InChI is InChI=1S/C26H24N4O6S/c1-16(31)28-19-8-4-17(5-9-19)14-22-24(33)30(12-3-13-36-2)25(37-22)21(15-27)23(32)29-20-10-6-18(7-11-20)26(34)35/h4-11,14H,3,12-13H2,1-2H3,(H,28,31)(H,29,32)(H,34,35)/p-1/b22-14-,25-21-. The van der Waals surface area contributed by atoms with Crippen LogP contribution in [0.2, 0.25) is 0 Å². The number of benzene rings is 2. The monoisotopic (exact) mass is 519 g/mol. The minimum Gasteiger partial charge on any atom is -0.545 e. The van der Waals surface area contributed by atoms with E-state index in [9.17, 15) is 29.5 Å². The first-order chi connectivity index (χ1) is 17.7. The zero-order valence-corrected chi connectivity index (χ0v) is 20.9. The van der Waals surface area contributed by atoms with Crippen molar-refractivity contribution in [2.45, 2.75) is 19.9 Å². The fourth-order valence-electron chi connectivity index (χ4n) is 3.37. The average molecular weight is 520 g/mol. The van der Waals surface area contributed by atoms with Crippen LogP contribution in [0.3, 0.4) is 0 Å². The minimum atomic E-state index is -1.35. The first-order valence-corrected chi connectivity index (χ1v) is 11.9. The number of carboxylic acids is 1. The molecule has 0 bridgehead atoms. The molecular formula is C26H23N4O6S-. The van der Waals surface area contributed by atoms with E-state index in [0.717, 1.165) is 11.3 Å². The predicted molar refractivity (Wildman–Crippen MR) is 137 cm³/mol. The van der Waals surface area contributed by atoms with Crippen molar-refractivity contribution < 1.29 is 24.2 Å². The Morgan fingerprint density at radius 3 is 2.27 bits per heavy atom. The lowest BCUT2D eigenvalue weighted by atomic mass is 10.2. The molecule has 2 amide bonds. The van der Waals surface area contributed by atoms with E-state index >= 15 is 0 Å². The molecule has 190 valence electrons. The molecule has 3 aromatic rings. The highest BCUT2D eigenvalue weighted by Crippen LogP contribution is 2.11. The van der Waals surface area contributed by atoms with Crippen molar-refractivity contribution in [3.8, 4) is 6.07 Å². The Kier molecular flexibility index (Phi) is 9.10. The number of thiazole rings is 1. The fraction of sp³-hybridized carbons (Fsp3) is 0.192. The molecule has 0 aliphatic heterocycles. The second kappa shape index (κ2) is 12.4. The maximum absolute atomic E-state index is 13.2. The molecule has 0 spiro atoms. The minimum absolute atomic E-state index is 0.0574.